The quantitative estimate of drug-likeness (QED) is 0.836. The van der Waals surface area contributed by atoms with Crippen molar-refractivity contribution in [2.45, 2.75) is 19.4 Å². The molecule has 2 rings (SSSR count). The number of nitrogen functional groups attached to an aromatic ring is 1. The zero-order valence-electron chi connectivity index (χ0n) is 11.5. The number of benzene rings is 1. The maximum Gasteiger partial charge on any atom is 0.251 e. The van der Waals surface area contributed by atoms with Crippen LogP contribution in [0.15, 0.2) is 53.5 Å². The zero-order chi connectivity index (χ0) is 14.8. The van der Waals surface area contributed by atoms with Crippen LogP contribution in [0.5, 0.6) is 0 Å². The van der Waals surface area contributed by atoms with Crippen molar-refractivity contribution in [2.24, 2.45) is 0 Å². The smallest absolute Gasteiger partial charge is 0.251 e. The molecule has 1 aromatic heterocycles. The van der Waals surface area contributed by atoms with Gasteiger partial charge in [-0.1, -0.05) is 12.1 Å². The molecule has 1 heterocycles. The second kappa shape index (κ2) is 5.21. The highest BCUT2D eigenvalue weighted by Gasteiger charge is 2.30. The van der Waals surface area contributed by atoms with Crippen LogP contribution in [0.2, 0.25) is 0 Å². The van der Waals surface area contributed by atoms with Crippen molar-refractivity contribution in [1.29, 1.82) is 0 Å². The van der Waals surface area contributed by atoms with Gasteiger partial charge in [-0.2, -0.15) is 0 Å². The van der Waals surface area contributed by atoms with Gasteiger partial charge < -0.3 is 15.6 Å². The number of nitrogens with two attached hydrogens (primary N) is 1. The number of hydrogen-bond donors (Lipinski definition) is 2. The van der Waals surface area contributed by atoms with Gasteiger partial charge in [0, 0.05) is 23.6 Å². The summed E-state index contributed by atoms with van der Waals surface area (Å²) in [6.07, 6.45) is 1.60. The van der Waals surface area contributed by atoms with Crippen LogP contribution < -0.4 is 16.6 Å². The largest absolute Gasteiger partial charge is 0.399 e. The first-order chi connectivity index (χ1) is 9.41. The normalized spacial score (nSPS) is 11.1. The van der Waals surface area contributed by atoms with Gasteiger partial charge in [0.25, 0.3) is 5.56 Å². The van der Waals surface area contributed by atoms with E-state index >= 15 is 0 Å². The number of aromatic nitrogens is 1. The van der Waals surface area contributed by atoms with Crippen LogP contribution in [0, 0.1) is 0 Å². The lowest BCUT2D eigenvalue weighted by atomic mass is 10.0. The third-order valence-corrected chi connectivity index (χ3v) is 3.12. The number of nitrogens with zero attached hydrogens (tertiary/aromatic N) is 1. The Morgan fingerprint density at radius 2 is 1.95 bits per heavy atom. The summed E-state index contributed by atoms with van der Waals surface area (Å²) in [4.78, 5) is 24.2. The average molecular weight is 271 g/mol. The lowest BCUT2D eigenvalue weighted by molar-refractivity contribution is -0.123. The Kier molecular flexibility index (Phi) is 3.61. The third kappa shape index (κ3) is 2.71. The fourth-order valence-electron chi connectivity index (χ4n) is 1.90. The molecule has 0 saturated carbocycles. The summed E-state index contributed by atoms with van der Waals surface area (Å²) in [6.45, 7) is 3.38. The van der Waals surface area contributed by atoms with Crippen LogP contribution in [0.1, 0.15) is 13.8 Å². The van der Waals surface area contributed by atoms with Gasteiger partial charge in [-0.3, -0.25) is 9.59 Å². The van der Waals surface area contributed by atoms with Crippen molar-refractivity contribution < 1.29 is 4.79 Å². The minimum Gasteiger partial charge on any atom is -0.399 e. The van der Waals surface area contributed by atoms with E-state index in [1.807, 2.05) is 0 Å². The lowest BCUT2D eigenvalue weighted by Crippen LogP contribution is -2.45. The summed E-state index contributed by atoms with van der Waals surface area (Å²) < 4.78 is 1.40. The summed E-state index contributed by atoms with van der Waals surface area (Å²) in [5, 5.41) is 2.77. The number of carbonyl (C=O) groups is 1. The Balaban J connectivity index is 2.28. The van der Waals surface area contributed by atoms with Crippen molar-refractivity contribution in [3.63, 3.8) is 0 Å². The number of rotatable bonds is 3. The molecule has 20 heavy (non-hydrogen) atoms. The Bertz CT molecular complexity index is 689. The van der Waals surface area contributed by atoms with Crippen LogP contribution >= 0.6 is 0 Å². The first-order valence-electron chi connectivity index (χ1n) is 6.26. The van der Waals surface area contributed by atoms with Crippen LogP contribution in [-0.4, -0.2) is 10.5 Å². The molecule has 5 heteroatoms. The Morgan fingerprint density at radius 1 is 1.20 bits per heavy atom. The van der Waals surface area contributed by atoms with E-state index in [0.29, 0.717) is 11.4 Å². The summed E-state index contributed by atoms with van der Waals surface area (Å²) in [7, 11) is 0. The predicted octanol–water partition coefficient (Wildman–Crippen LogP) is 1.80. The van der Waals surface area contributed by atoms with Crippen molar-refractivity contribution in [1.82, 2.24) is 4.57 Å². The first-order valence-corrected chi connectivity index (χ1v) is 6.26. The van der Waals surface area contributed by atoms with Crippen molar-refractivity contribution in [3.05, 3.63) is 59.0 Å². The van der Waals surface area contributed by atoms with E-state index in [9.17, 15) is 9.59 Å². The number of anilines is 2. The van der Waals surface area contributed by atoms with Gasteiger partial charge in [0.15, 0.2) is 0 Å². The van der Waals surface area contributed by atoms with Crippen molar-refractivity contribution in [2.75, 3.05) is 11.1 Å². The lowest BCUT2D eigenvalue weighted by Gasteiger charge is -2.26. The predicted molar refractivity (Wildman–Crippen MR) is 79.5 cm³/mol. The van der Waals surface area contributed by atoms with Crippen molar-refractivity contribution >= 4 is 17.3 Å². The van der Waals surface area contributed by atoms with Crippen LogP contribution in [0.3, 0.4) is 0 Å². The average Bonchev–Trinajstić information content (AvgIpc) is 2.39. The van der Waals surface area contributed by atoms with Gasteiger partial charge in [0.1, 0.15) is 5.54 Å². The van der Waals surface area contributed by atoms with Gasteiger partial charge in [0.2, 0.25) is 5.91 Å². The molecule has 0 radical (unpaired) electrons. The molecule has 0 aliphatic carbocycles. The second-order valence-electron chi connectivity index (χ2n) is 5.05. The minimum absolute atomic E-state index is 0.222. The third-order valence-electron chi connectivity index (χ3n) is 3.12. The summed E-state index contributed by atoms with van der Waals surface area (Å²) in [5.41, 5.74) is 5.62. The number of nitrogens with one attached hydrogen (secondary N) is 1. The maximum absolute atomic E-state index is 12.4. The molecule has 3 N–H and O–H groups in total. The first kappa shape index (κ1) is 13.9. The number of hydrogen-bond acceptors (Lipinski definition) is 3. The van der Waals surface area contributed by atoms with Gasteiger partial charge in [-0.25, -0.2) is 0 Å². The molecule has 0 atom stereocenters. The van der Waals surface area contributed by atoms with Crippen LogP contribution in [0.25, 0.3) is 0 Å². The molecular formula is C15H17N3O2. The van der Waals surface area contributed by atoms with Crippen LogP contribution in [0.4, 0.5) is 11.4 Å². The number of carbonyl (C=O) groups excluding carboxylic acids is 1. The molecule has 0 bridgehead atoms. The van der Waals surface area contributed by atoms with E-state index in [-0.39, 0.29) is 11.5 Å². The molecule has 0 aliphatic heterocycles. The Hall–Kier alpha value is -2.56. The molecule has 0 unspecified atom stereocenters. The summed E-state index contributed by atoms with van der Waals surface area (Å²) in [5.74, 6) is -0.281. The highest BCUT2D eigenvalue weighted by Crippen LogP contribution is 2.18. The Morgan fingerprint density at radius 3 is 2.60 bits per heavy atom. The molecule has 0 fully saturated rings. The van der Waals surface area contributed by atoms with Gasteiger partial charge in [-0.15, -0.1) is 0 Å². The Labute approximate surface area is 117 Å². The van der Waals surface area contributed by atoms with E-state index in [4.69, 9.17) is 5.73 Å². The van der Waals surface area contributed by atoms with Crippen LogP contribution in [-0.2, 0) is 10.3 Å². The fraction of sp³-hybridized carbons (Fsp3) is 0.200. The van der Waals surface area contributed by atoms with E-state index in [2.05, 4.69) is 5.32 Å². The number of amides is 1. The standard InChI is InChI=1S/C15H17N3O2/c1-15(2,18-9-4-3-8-13(18)19)14(20)17-12-7-5-6-11(16)10-12/h3-10H,16H2,1-2H3,(H,17,20). The minimum atomic E-state index is -0.997. The fourth-order valence-corrected chi connectivity index (χ4v) is 1.90. The van der Waals surface area contributed by atoms with E-state index < -0.39 is 5.54 Å². The topological polar surface area (TPSA) is 77.1 Å². The zero-order valence-corrected chi connectivity index (χ0v) is 11.5. The molecule has 0 aliphatic rings. The highest BCUT2D eigenvalue weighted by molar-refractivity contribution is 5.96. The van der Waals surface area contributed by atoms with Gasteiger partial charge in [0.05, 0.1) is 0 Å². The highest BCUT2D eigenvalue weighted by atomic mass is 16.2. The monoisotopic (exact) mass is 271 g/mol. The van der Waals surface area contributed by atoms with Gasteiger partial charge >= 0.3 is 0 Å². The molecule has 0 spiro atoms. The second-order valence-corrected chi connectivity index (χ2v) is 5.05. The molecule has 1 aromatic carbocycles. The van der Waals surface area contributed by atoms with E-state index in [1.165, 1.54) is 10.6 Å². The molecular weight excluding hydrogens is 254 g/mol. The molecule has 104 valence electrons. The molecule has 1 amide bonds. The SMILES string of the molecule is CC(C)(C(=O)Nc1cccc(N)c1)n1ccccc1=O. The maximum atomic E-state index is 12.4. The molecule has 2 aromatic rings. The molecule has 5 nitrogen and oxygen atoms in total. The van der Waals surface area contributed by atoms with Crippen molar-refractivity contribution in [3.8, 4) is 0 Å². The summed E-state index contributed by atoms with van der Waals surface area (Å²) >= 11 is 0. The number of pyridine rings is 1. The summed E-state index contributed by atoms with van der Waals surface area (Å²) in [6, 6.07) is 11.7. The van der Waals surface area contributed by atoms with E-state index in [1.54, 1.807) is 56.4 Å². The van der Waals surface area contributed by atoms with Gasteiger partial charge in [-0.05, 0) is 38.1 Å². The molecule has 0 saturated heterocycles. The van der Waals surface area contributed by atoms with E-state index in [0.717, 1.165) is 0 Å².